The second-order valence-electron chi connectivity index (χ2n) is 3.17. The normalized spacial score (nSPS) is 11.9. The third-order valence-corrected chi connectivity index (χ3v) is 2.19. The molecule has 2 aromatic rings. The highest BCUT2D eigenvalue weighted by Gasteiger charge is 2.12. The molecule has 0 fully saturated rings. The molecule has 0 atom stereocenters. The van der Waals surface area contributed by atoms with E-state index in [-0.39, 0.29) is 5.88 Å². The topological polar surface area (TPSA) is 78.3 Å². The Kier molecular flexibility index (Phi) is 2.21. The third kappa shape index (κ3) is 1.48. The van der Waals surface area contributed by atoms with E-state index in [1.165, 1.54) is 0 Å². The first-order valence-electron chi connectivity index (χ1n) is 4.39. The van der Waals surface area contributed by atoms with E-state index in [2.05, 4.69) is 15.1 Å². The number of nitrogens with zero attached hydrogens (tertiary/aromatic N) is 2. The average Bonchev–Trinajstić information content (AvgIpc) is 2.54. The summed E-state index contributed by atoms with van der Waals surface area (Å²) in [5.41, 5.74) is 1.75. The van der Waals surface area contributed by atoms with Gasteiger partial charge in [0.1, 0.15) is 5.65 Å². The van der Waals surface area contributed by atoms with E-state index in [1.54, 1.807) is 19.2 Å². The molecule has 5 nitrogen and oxygen atoms in total. The Bertz CT molecular complexity index is 543. The summed E-state index contributed by atoms with van der Waals surface area (Å²) in [6.45, 7) is 1.71. The monoisotopic (exact) mass is 203 g/mol. The molecule has 0 aromatic carbocycles. The molecule has 76 valence electrons. The molecule has 0 unspecified atom stereocenters. The Morgan fingerprint density at radius 1 is 1.67 bits per heavy atom. The van der Waals surface area contributed by atoms with Crippen LogP contribution in [0.2, 0.25) is 0 Å². The van der Waals surface area contributed by atoms with Gasteiger partial charge in [0, 0.05) is 11.6 Å². The van der Waals surface area contributed by atoms with Crippen molar-refractivity contribution in [2.24, 2.45) is 5.18 Å². The van der Waals surface area contributed by atoms with Gasteiger partial charge < -0.3 is 10.1 Å². The Hall–Kier alpha value is -2.17. The molecule has 0 aliphatic heterocycles. The zero-order valence-corrected chi connectivity index (χ0v) is 8.06. The fraction of sp³-hybridized carbons (Fsp3) is 0.100. The lowest BCUT2D eigenvalue weighted by Gasteiger charge is -1.96. The number of aromatic hydroxyl groups is 1. The van der Waals surface area contributed by atoms with E-state index in [4.69, 9.17) is 0 Å². The third-order valence-electron chi connectivity index (χ3n) is 2.19. The van der Waals surface area contributed by atoms with Gasteiger partial charge in [-0.15, -0.1) is 4.91 Å². The smallest absolute Gasteiger partial charge is 0.198 e. The van der Waals surface area contributed by atoms with Crippen LogP contribution in [0, 0.1) is 4.91 Å². The van der Waals surface area contributed by atoms with Crippen LogP contribution in [0.4, 0.5) is 0 Å². The first-order chi connectivity index (χ1) is 7.24. The lowest BCUT2D eigenvalue weighted by atomic mass is 10.1. The zero-order valence-electron chi connectivity index (χ0n) is 8.06. The van der Waals surface area contributed by atoms with Gasteiger partial charge in [0.05, 0.1) is 11.8 Å². The van der Waals surface area contributed by atoms with Crippen LogP contribution in [0.15, 0.2) is 29.7 Å². The van der Waals surface area contributed by atoms with Crippen LogP contribution in [0.3, 0.4) is 0 Å². The summed E-state index contributed by atoms with van der Waals surface area (Å²) < 4.78 is 0. The molecule has 0 aliphatic rings. The van der Waals surface area contributed by atoms with Crippen LogP contribution in [-0.2, 0) is 0 Å². The lowest BCUT2D eigenvalue weighted by molar-refractivity contribution is 0.456. The van der Waals surface area contributed by atoms with Gasteiger partial charge in [-0.1, -0.05) is 0 Å². The number of allylic oxidation sites excluding steroid dienone is 1. The number of hydrogen-bond donors (Lipinski definition) is 2. The van der Waals surface area contributed by atoms with Crippen molar-refractivity contribution in [3.05, 3.63) is 35.0 Å². The predicted octanol–water partition coefficient (Wildman–Crippen LogP) is 2.40. The van der Waals surface area contributed by atoms with Gasteiger partial charge in [-0.25, -0.2) is 4.98 Å². The largest absolute Gasteiger partial charge is 0.494 e. The maximum atomic E-state index is 10.1. The highest BCUT2D eigenvalue weighted by atomic mass is 16.3. The maximum Gasteiger partial charge on any atom is 0.198 e. The average molecular weight is 203 g/mol. The molecule has 0 aliphatic carbocycles. The summed E-state index contributed by atoms with van der Waals surface area (Å²) in [5.74, 6) is 0.00102. The number of hydrogen-bond acceptors (Lipinski definition) is 4. The molecule has 0 amide bonds. The van der Waals surface area contributed by atoms with Crippen molar-refractivity contribution in [2.75, 3.05) is 0 Å². The maximum absolute atomic E-state index is 10.1. The molecule has 2 rings (SSSR count). The van der Waals surface area contributed by atoms with Crippen molar-refractivity contribution in [1.82, 2.24) is 9.97 Å². The Morgan fingerprint density at radius 3 is 3.20 bits per heavy atom. The van der Waals surface area contributed by atoms with E-state index < -0.39 is 0 Å². The van der Waals surface area contributed by atoms with Gasteiger partial charge in [0.2, 0.25) is 0 Å². The molecular weight excluding hydrogens is 194 g/mol. The fourth-order valence-electron chi connectivity index (χ4n) is 1.55. The van der Waals surface area contributed by atoms with Crippen LogP contribution in [0.25, 0.3) is 16.6 Å². The number of fused-ring (bicyclic) bond motifs is 1. The highest BCUT2D eigenvalue weighted by molar-refractivity contribution is 5.93. The van der Waals surface area contributed by atoms with Gasteiger partial charge in [0.25, 0.3) is 0 Å². The van der Waals surface area contributed by atoms with E-state index in [0.717, 1.165) is 11.6 Å². The molecule has 2 heterocycles. The molecular formula is C10H9N3O2. The van der Waals surface area contributed by atoms with E-state index in [1.807, 2.05) is 6.07 Å². The minimum Gasteiger partial charge on any atom is -0.494 e. The van der Waals surface area contributed by atoms with Crippen molar-refractivity contribution in [2.45, 2.75) is 6.92 Å². The van der Waals surface area contributed by atoms with Crippen LogP contribution in [-0.4, -0.2) is 15.1 Å². The SMILES string of the molecule is CC(=CN=O)c1c(O)[nH]c2ncccc12. The van der Waals surface area contributed by atoms with Gasteiger partial charge in [-0.2, -0.15) is 0 Å². The van der Waals surface area contributed by atoms with E-state index in [0.29, 0.717) is 16.8 Å². The Balaban J connectivity index is 2.74. The predicted molar refractivity (Wildman–Crippen MR) is 57.2 cm³/mol. The van der Waals surface area contributed by atoms with Gasteiger partial charge >= 0.3 is 0 Å². The van der Waals surface area contributed by atoms with Crippen molar-refractivity contribution < 1.29 is 5.11 Å². The molecule has 2 N–H and O–H groups in total. The Labute approximate surface area is 85.4 Å². The summed E-state index contributed by atoms with van der Waals surface area (Å²) in [7, 11) is 0. The van der Waals surface area contributed by atoms with Crippen LogP contribution in [0.1, 0.15) is 12.5 Å². The summed E-state index contributed by atoms with van der Waals surface area (Å²) in [6, 6.07) is 3.58. The lowest BCUT2D eigenvalue weighted by Crippen LogP contribution is -1.77. The number of aromatic nitrogens is 2. The van der Waals surface area contributed by atoms with E-state index >= 15 is 0 Å². The Morgan fingerprint density at radius 2 is 2.47 bits per heavy atom. The summed E-state index contributed by atoms with van der Waals surface area (Å²) >= 11 is 0. The fourth-order valence-corrected chi connectivity index (χ4v) is 1.55. The summed E-state index contributed by atoms with van der Waals surface area (Å²) in [4.78, 5) is 16.9. The molecule has 0 bridgehead atoms. The summed E-state index contributed by atoms with van der Waals surface area (Å²) in [5, 5.41) is 13.1. The molecule has 2 aromatic heterocycles. The minimum absolute atomic E-state index is 0.00102. The molecule has 0 saturated carbocycles. The molecule has 5 heteroatoms. The van der Waals surface area contributed by atoms with Gasteiger partial charge in [-0.3, -0.25) is 0 Å². The van der Waals surface area contributed by atoms with Crippen molar-refractivity contribution in [3.8, 4) is 5.88 Å². The van der Waals surface area contributed by atoms with Crippen LogP contribution in [0.5, 0.6) is 5.88 Å². The van der Waals surface area contributed by atoms with Crippen LogP contribution >= 0.6 is 0 Å². The standard InChI is InChI=1S/C10H9N3O2/c1-6(5-12-15)8-7-3-2-4-11-9(7)13-10(8)14/h2-5,14H,1H3,(H,11,13). The van der Waals surface area contributed by atoms with Crippen molar-refractivity contribution in [3.63, 3.8) is 0 Å². The van der Waals surface area contributed by atoms with Crippen LogP contribution < -0.4 is 0 Å². The number of pyridine rings is 1. The van der Waals surface area contributed by atoms with Crippen molar-refractivity contribution in [1.29, 1.82) is 0 Å². The second-order valence-corrected chi connectivity index (χ2v) is 3.17. The number of H-pyrrole nitrogens is 1. The zero-order chi connectivity index (χ0) is 10.8. The van der Waals surface area contributed by atoms with Gasteiger partial charge in [-0.05, 0) is 29.8 Å². The first-order valence-corrected chi connectivity index (χ1v) is 4.39. The minimum atomic E-state index is 0.00102. The number of rotatable bonds is 2. The number of nitrogens with one attached hydrogen (secondary N) is 1. The quantitative estimate of drug-likeness (QED) is 0.735. The number of aromatic amines is 1. The highest BCUT2D eigenvalue weighted by Crippen LogP contribution is 2.31. The summed E-state index contributed by atoms with van der Waals surface area (Å²) in [6.07, 6.45) is 2.79. The first kappa shape index (κ1) is 9.39. The van der Waals surface area contributed by atoms with Crippen molar-refractivity contribution >= 4 is 16.6 Å². The van der Waals surface area contributed by atoms with E-state index in [9.17, 15) is 10.0 Å². The molecule has 0 radical (unpaired) electrons. The number of nitroso groups, excluding NO2 is 1. The molecule has 0 spiro atoms. The molecule has 15 heavy (non-hydrogen) atoms. The second kappa shape index (κ2) is 3.53. The van der Waals surface area contributed by atoms with Gasteiger partial charge in [0.15, 0.2) is 5.88 Å². The molecule has 0 saturated heterocycles.